The zero-order chi connectivity index (χ0) is 17.2. The Hall–Kier alpha value is -3.33. The van der Waals surface area contributed by atoms with E-state index >= 15 is 0 Å². The van der Waals surface area contributed by atoms with E-state index in [0.29, 0.717) is 22.4 Å². The van der Waals surface area contributed by atoms with E-state index in [1.807, 2.05) is 54.6 Å². The maximum Gasteiger partial charge on any atom is 0.196 e. The third kappa shape index (κ3) is 2.92. The molecule has 4 rings (SSSR count). The van der Waals surface area contributed by atoms with E-state index in [1.165, 1.54) is 0 Å². The van der Waals surface area contributed by atoms with Gasteiger partial charge in [-0.05, 0) is 35.4 Å². The number of aromatic hydroxyl groups is 1. The van der Waals surface area contributed by atoms with Crippen LogP contribution in [0, 0.1) is 0 Å². The molecule has 0 saturated heterocycles. The summed E-state index contributed by atoms with van der Waals surface area (Å²) in [6.07, 6.45) is 1.69. The van der Waals surface area contributed by atoms with Gasteiger partial charge in [0.1, 0.15) is 18.1 Å². The van der Waals surface area contributed by atoms with Gasteiger partial charge in [0, 0.05) is 11.1 Å². The maximum atomic E-state index is 12.9. The first-order valence-corrected chi connectivity index (χ1v) is 8.08. The molecule has 0 aromatic heterocycles. The van der Waals surface area contributed by atoms with Gasteiger partial charge in [-0.15, -0.1) is 0 Å². The van der Waals surface area contributed by atoms with Crippen LogP contribution in [-0.4, -0.2) is 17.5 Å². The number of hydrogen-bond acceptors (Lipinski definition) is 3. The molecule has 0 aliphatic carbocycles. The second-order valence-electron chi connectivity index (χ2n) is 5.92. The minimum absolute atomic E-state index is 0.0673. The average molecular weight is 328 g/mol. The smallest absolute Gasteiger partial charge is 0.196 e. The summed E-state index contributed by atoms with van der Waals surface area (Å²) in [7, 11) is 0. The van der Waals surface area contributed by atoms with Crippen molar-refractivity contribution in [2.45, 2.75) is 0 Å². The minimum atomic E-state index is -0.0673. The molecule has 0 spiro atoms. The molecule has 1 heterocycles. The molecule has 1 N–H and O–H groups in total. The van der Waals surface area contributed by atoms with Crippen molar-refractivity contribution in [2.24, 2.45) is 0 Å². The summed E-state index contributed by atoms with van der Waals surface area (Å²) in [4.78, 5) is 12.9. The number of hydrogen-bond donors (Lipinski definition) is 1. The van der Waals surface area contributed by atoms with Crippen LogP contribution in [0.3, 0.4) is 0 Å². The quantitative estimate of drug-likeness (QED) is 0.693. The number of phenolic OH excluding ortho intramolecular Hbond substituents is 1. The van der Waals surface area contributed by atoms with Crippen molar-refractivity contribution < 1.29 is 14.6 Å². The van der Waals surface area contributed by atoms with E-state index in [9.17, 15) is 9.90 Å². The largest absolute Gasteiger partial charge is 0.507 e. The van der Waals surface area contributed by atoms with Gasteiger partial charge in [0.25, 0.3) is 0 Å². The second-order valence-corrected chi connectivity index (χ2v) is 5.92. The Bertz CT molecular complexity index is 972. The molecular weight excluding hydrogens is 312 g/mol. The highest BCUT2D eigenvalue weighted by molar-refractivity contribution is 6.14. The van der Waals surface area contributed by atoms with Crippen LogP contribution in [0.5, 0.6) is 11.5 Å². The minimum Gasteiger partial charge on any atom is -0.507 e. The molecule has 25 heavy (non-hydrogen) atoms. The molecule has 3 aromatic rings. The summed E-state index contributed by atoms with van der Waals surface area (Å²) in [6, 6.07) is 22.5. The Morgan fingerprint density at radius 2 is 1.64 bits per heavy atom. The molecular formula is C22H16O3. The van der Waals surface area contributed by atoms with Gasteiger partial charge in [-0.2, -0.15) is 0 Å². The molecule has 122 valence electrons. The predicted molar refractivity (Wildman–Crippen MR) is 97.8 cm³/mol. The number of Topliss-reactive ketones (excluding diaryl/α,β-unsaturated/α-hetero) is 1. The average Bonchev–Trinajstić information content (AvgIpc) is 2.66. The Morgan fingerprint density at radius 3 is 2.44 bits per heavy atom. The molecule has 1 aliphatic rings. The van der Waals surface area contributed by atoms with Crippen LogP contribution in [0.4, 0.5) is 0 Å². The van der Waals surface area contributed by atoms with Crippen molar-refractivity contribution >= 4 is 11.9 Å². The van der Waals surface area contributed by atoms with Crippen LogP contribution in [0.1, 0.15) is 15.9 Å². The lowest BCUT2D eigenvalue weighted by atomic mass is 9.94. The van der Waals surface area contributed by atoms with E-state index in [-0.39, 0.29) is 18.1 Å². The molecule has 3 aromatic carbocycles. The van der Waals surface area contributed by atoms with Gasteiger partial charge < -0.3 is 9.84 Å². The van der Waals surface area contributed by atoms with Crippen molar-refractivity contribution in [3.63, 3.8) is 0 Å². The van der Waals surface area contributed by atoms with Crippen LogP contribution in [0.15, 0.2) is 78.4 Å². The number of carbonyl (C=O) groups excluding carboxylic acids is 1. The molecule has 0 atom stereocenters. The third-order valence-electron chi connectivity index (χ3n) is 4.27. The van der Waals surface area contributed by atoms with Crippen molar-refractivity contribution in [3.05, 3.63) is 89.5 Å². The number of benzene rings is 3. The molecule has 0 fully saturated rings. The monoisotopic (exact) mass is 328 g/mol. The van der Waals surface area contributed by atoms with E-state index < -0.39 is 0 Å². The van der Waals surface area contributed by atoms with Gasteiger partial charge >= 0.3 is 0 Å². The van der Waals surface area contributed by atoms with Gasteiger partial charge in [0.05, 0.1) is 5.56 Å². The van der Waals surface area contributed by atoms with E-state index in [2.05, 4.69) is 0 Å². The Kier molecular flexibility index (Phi) is 3.82. The number of rotatable bonds is 2. The zero-order valence-electron chi connectivity index (χ0n) is 13.5. The van der Waals surface area contributed by atoms with Gasteiger partial charge in [0.15, 0.2) is 5.78 Å². The third-order valence-corrected chi connectivity index (χ3v) is 4.27. The standard InChI is InChI=1S/C22H16O3/c23-20-9-5-4-8-17(20)12-18-14-25-21-11-10-16(13-19(21)22(18)24)15-6-2-1-3-7-15/h1-13,23H,14H2/b18-12+. The number of para-hydroxylation sites is 1. The first-order chi connectivity index (χ1) is 12.2. The summed E-state index contributed by atoms with van der Waals surface area (Å²) in [6.45, 7) is 0.199. The fourth-order valence-electron chi connectivity index (χ4n) is 2.94. The van der Waals surface area contributed by atoms with Gasteiger partial charge in [-0.25, -0.2) is 0 Å². The van der Waals surface area contributed by atoms with Crippen LogP contribution >= 0.6 is 0 Å². The molecule has 0 unspecified atom stereocenters. The Labute approximate surface area is 145 Å². The topological polar surface area (TPSA) is 46.5 Å². The normalized spacial score (nSPS) is 14.9. The van der Waals surface area contributed by atoms with Crippen molar-refractivity contribution in [1.82, 2.24) is 0 Å². The Balaban J connectivity index is 1.74. The molecule has 0 radical (unpaired) electrons. The summed E-state index contributed by atoms with van der Waals surface area (Å²) >= 11 is 0. The summed E-state index contributed by atoms with van der Waals surface area (Å²) < 4.78 is 5.74. The maximum absolute atomic E-state index is 12.9. The zero-order valence-corrected chi connectivity index (χ0v) is 13.5. The number of fused-ring (bicyclic) bond motifs is 1. The van der Waals surface area contributed by atoms with Gasteiger partial charge in [0.2, 0.25) is 0 Å². The molecule has 3 heteroatoms. The summed E-state index contributed by atoms with van der Waals surface area (Å²) in [5.74, 6) is 0.674. The van der Waals surface area contributed by atoms with E-state index in [4.69, 9.17) is 4.74 Å². The molecule has 0 saturated carbocycles. The lowest BCUT2D eigenvalue weighted by Gasteiger charge is -2.20. The van der Waals surface area contributed by atoms with Gasteiger partial charge in [-0.3, -0.25) is 4.79 Å². The highest BCUT2D eigenvalue weighted by atomic mass is 16.5. The van der Waals surface area contributed by atoms with E-state index in [1.54, 1.807) is 24.3 Å². The van der Waals surface area contributed by atoms with Crippen molar-refractivity contribution in [3.8, 4) is 22.6 Å². The van der Waals surface area contributed by atoms with Crippen molar-refractivity contribution in [1.29, 1.82) is 0 Å². The number of phenols is 1. The fourth-order valence-corrected chi connectivity index (χ4v) is 2.94. The molecule has 1 aliphatic heterocycles. The van der Waals surface area contributed by atoms with Crippen LogP contribution < -0.4 is 4.74 Å². The molecule has 3 nitrogen and oxygen atoms in total. The first kappa shape index (κ1) is 15.2. The summed E-state index contributed by atoms with van der Waals surface area (Å²) in [5, 5.41) is 9.92. The summed E-state index contributed by atoms with van der Waals surface area (Å²) in [5.41, 5.74) is 3.71. The number of carbonyl (C=O) groups is 1. The highest BCUT2D eigenvalue weighted by Gasteiger charge is 2.24. The lowest BCUT2D eigenvalue weighted by molar-refractivity contribution is 0.100. The SMILES string of the molecule is O=C1/C(=C/c2ccccc2O)COc2ccc(-c3ccccc3)cc21. The predicted octanol–water partition coefficient (Wildman–Crippen LogP) is 4.72. The van der Waals surface area contributed by atoms with E-state index in [0.717, 1.165) is 11.1 Å². The van der Waals surface area contributed by atoms with Gasteiger partial charge in [-0.1, -0.05) is 54.6 Å². The fraction of sp³-hybridized carbons (Fsp3) is 0.0455. The van der Waals surface area contributed by atoms with Crippen LogP contribution in [0.2, 0.25) is 0 Å². The highest BCUT2D eigenvalue weighted by Crippen LogP contribution is 2.32. The molecule has 0 amide bonds. The van der Waals surface area contributed by atoms with Crippen LogP contribution in [-0.2, 0) is 0 Å². The second kappa shape index (κ2) is 6.29. The molecule has 0 bridgehead atoms. The lowest BCUT2D eigenvalue weighted by Crippen LogP contribution is -2.19. The number of ketones is 1. The van der Waals surface area contributed by atoms with Crippen molar-refractivity contribution in [2.75, 3.05) is 6.61 Å². The Morgan fingerprint density at radius 1 is 0.880 bits per heavy atom. The van der Waals surface area contributed by atoms with Crippen LogP contribution in [0.25, 0.3) is 17.2 Å². The first-order valence-electron chi connectivity index (χ1n) is 8.08. The number of ether oxygens (including phenoxy) is 1.